The predicted octanol–water partition coefficient (Wildman–Crippen LogP) is 2.79. The predicted molar refractivity (Wildman–Crippen MR) is 80.9 cm³/mol. The fourth-order valence-electron chi connectivity index (χ4n) is 2.34. The first-order chi connectivity index (χ1) is 10.5. The zero-order valence-corrected chi connectivity index (χ0v) is 11.4. The Balaban J connectivity index is 2.26. The van der Waals surface area contributed by atoms with Gasteiger partial charge < -0.3 is 14.6 Å². The molecule has 0 amide bonds. The molecule has 5 heteroatoms. The number of carboxylic acid groups (broad SMARTS) is 1. The van der Waals surface area contributed by atoms with Crippen LogP contribution in [0.15, 0.2) is 57.7 Å². The third-order valence-corrected chi connectivity index (χ3v) is 3.31. The summed E-state index contributed by atoms with van der Waals surface area (Å²) in [5.41, 5.74) is 0.982. The van der Waals surface area contributed by atoms with Crippen LogP contribution in [0, 0.1) is 0 Å². The van der Waals surface area contributed by atoms with E-state index in [1.54, 1.807) is 30.3 Å². The Morgan fingerprint density at radius 2 is 1.86 bits per heavy atom. The lowest BCUT2D eigenvalue weighted by Crippen LogP contribution is -2.05. The highest BCUT2D eigenvalue weighted by Gasteiger charge is 2.12. The van der Waals surface area contributed by atoms with Crippen LogP contribution < -0.4 is 5.43 Å². The molecule has 22 heavy (non-hydrogen) atoms. The first kappa shape index (κ1) is 13.9. The molecule has 5 nitrogen and oxygen atoms in total. The number of rotatable bonds is 3. The Labute approximate surface area is 125 Å². The van der Waals surface area contributed by atoms with Crippen molar-refractivity contribution in [3.05, 3.63) is 64.3 Å². The van der Waals surface area contributed by atoms with E-state index in [-0.39, 0.29) is 28.9 Å². The van der Waals surface area contributed by atoms with E-state index in [2.05, 4.69) is 0 Å². The molecule has 0 bridgehead atoms. The lowest BCUT2D eigenvalue weighted by Gasteiger charge is -2.07. The van der Waals surface area contributed by atoms with E-state index < -0.39 is 5.97 Å². The first-order valence-corrected chi connectivity index (χ1v) is 6.61. The van der Waals surface area contributed by atoms with Crippen LogP contribution in [0.4, 0.5) is 0 Å². The molecular formula is C17H12O5. The van der Waals surface area contributed by atoms with E-state index in [0.717, 1.165) is 0 Å². The Morgan fingerprint density at radius 1 is 1.09 bits per heavy atom. The molecule has 2 N–H and O–H groups in total. The second kappa shape index (κ2) is 5.37. The number of benzene rings is 2. The van der Waals surface area contributed by atoms with Crippen LogP contribution in [-0.4, -0.2) is 16.2 Å². The maximum Gasteiger partial charge on any atom is 0.307 e. The minimum Gasteiger partial charge on any atom is -0.508 e. The van der Waals surface area contributed by atoms with Crippen LogP contribution in [0.25, 0.3) is 22.3 Å². The Hall–Kier alpha value is -3.08. The fraction of sp³-hybridized carbons (Fsp3) is 0.0588. The molecule has 0 saturated heterocycles. The van der Waals surface area contributed by atoms with E-state index in [1.807, 2.05) is 0 Å². The van der Waals surface area contributed by atoms with Gasteiger partial charge in [0.15, 0.2) is 5.43 Å². The summed E-state index contributed by atoms with van der Waals surface area (Å²) in [5.74, 6) is -0.664. The molecule has 0 aliphatic carbocycles. The second-order valence-corrected chi connectivity index (χ2v) is 4.89. The minimum atomic E-state index is -1.00. The zero-order valence-electron chi connectivity index (χ0n) is 11.4. The highest BCUT2D eigenvalue weighted by atomic mass is 16.4. The van der Waals surface area contributed by atoms with Gasteiger partial charge in [-0.05, 0) is 18.2 Å². The van der Waals surface area contributed by atoms with Gasteiger partial charge in [-0.1, -0.05) is 24.3 Å². The summed E-state index contributed by atoms with van der Waals surface area (Å²) in [5, 5.41) is 18.8. The monoisotopic (exact) mass is 296 g/mol. The number of para-hydroxylation sites is 1. The van der Waals surface area contributed by atoms with Gasteiger partial charge in [0.1, 0.15) is 17.1 Å². The summed E-state index contributed by atoms with van der Waals surface area (Å²) in [6.07, 6.45) is -0.232. The average molecular weight is 296 g/mol. The number of aliphatic carboxylic acids is 1. The van der Waals surface area contributed by atoms with Crippen molar-refractivity contribution >= 4 is 16.9 Å². The molecule has 0 atom stereocenters. The van der Waals surface area contributed by atoms with Crippen LogP contribution in [0.2, 0.25) is 0 Å². The van der Waals surface area contributed by atoms with Gasteiger partial charge >= 0.3 is 5.97 Å². The van der Waals surface area contributed by atoms with E-state index >= 15 is 0 Å². The average Bonchev–Trinajstić information content (AvgIpc) is 2.47. The minimum absolute atomic E-state index is 0.0547. The van der Waals surface area contributed by atoms with Gasteiger partial charge in [0.05, 0.1) is 11.8 Å². The van der Waals surface area contributed by atoms with E-state index in [9.17, 15) is 14.7 Å². The molecule has 0 radical (unpaired) electrons. The summed E-state index contributed by atoms with van der Waals surface area (Å²) in [7, 11) is 0. The van der Waals surface area contributed by atoms with Gasteiger partial charge in [0.25, 0.3) is 0 Å². The van der Waals surface area contributed by atoms with Crippen LogP contribution >= 0.6 is 0 Å². The zero-order chi connectivity index (χ0) is 15.7. The molecule has 110 valence electrons. The first-order valence-electron chi connectivity index (χ1n) is 6.61. The molecule has 0 saturated carbocycles. The van der Waals surface area contributed by atoms with Crippen molar-refractivity contribution in [2.75, 3.05) is 0 Å². The summed E-state index contributed by atoms with van der Waals surface area (Å²) >= 11 is 0. The second-order valence-electron chi connectivity index (χ2n) is 4.89. The molecule has 0 aliphatic rings. The third kappa shape index (κ3) is 2.56. The van der Waals surface area contributed by atoms with Crippen molar-refractivity contribution in [3.8, 4) is 17.1 Å². The maximum absolute atomic E-state index is 12.2. The van der Waals surface area contributed by atoms with Gasteiger partial charge in [-0.2, -0.15) is 0 Å². The standard InChI is InChI=1S/C17H12O5/c18-12-5-1-3-10(7-12)15-9-14(19)13-6-2-4-11(8-16(20)21)17(13)22-15/h1-7,9,18H,8H2,(H,20,21). The van der Waals surface area contributed by atoms with Gasteiger partial charge in [-0.3, -0.25) is 9.59 Å². The Bertz CT molecular complexity index is 924. The fourth-order valence-corrected chi connectivity index (χ4v) is 2.34. The number of carbonyl (C=O) groups is 1. The Kier molecular flexibility index (Phi) is 3.39. The molecule has 0 fully saturated rings. The number of phenolic OH excluding ortho intramolecular Hbond substituents is 1. The SMILES string of the molecule is O=C(O)Cc1cccc2c(=O)cc(-c3cccc(O)c3)oc12. The molecule has 3 aromatic rings. The summed E-state index contributed by atoms with van der Waals surface area (Å²) in [6, 6.07) is 12.5. The summed E-state index contributed by atoms with van der Waals surface area (Å²) in [6.45, 7) is 0. The number of aromatic hydroxyl groups is 1. The summed E-state index contributed by atoms with van der Waals surface area (Å²) in [4.78, 5) is 23.2. The maximum atomic E-state index is 12.2. The van der Waals surface area contributed by atoms with Gasteiger partial charge in [0.2, 0.25) is 0 Å². The lowest BCUT2D eigenvalue weighted by atomic mass is 10.1. The van der Waals surface area contributed by atoms with Crippen molar-refractivity contribution in [1.29, 1.82) is 0 Å². The van der Waals surface area contributed by atoms with Crippen LogP contribution in [0.5, 0.6) is 5.75 Å². The molecule has 1 heterocycles. The Morgan fingerprint density at radius 3 is 2.59 bits per heavy atom. The van der Waals surface area contributed by atoms with E-state index in [0.29, 0.717) is 16.5 Å². The topological polar surface area (TPSA) is 87.7 Å². The van der Waals surface area contributed by atoms with Gasteiger partial charge in [-0.15, -0.1) is 0 Å². The number of hydrogen-bond donors (Lipinski definition) is 2. The number of carboxylic acids is 1. The highest BCUT2D eigenvalue weighted by Crippen LogP contribution is 2.26. The number of fused-ring (bicyclic) bond motifs is 1. The molecule has 0 spiro atoms. The van der Waals surface area contributed by atoms with Gasteiger partial charge in [-0.25, -0.2) is 0 Å². The number of hydrogen-bond acceptors (Lipinski definition) is 4. The van der Waals surface area contributed by atoms with Crippen LogP contribution in [-0.2, 0) is 11.2 Å². The lowest BCUT2D eigenvalue weighted by molar-refractivity contribution is -0.136. The third-order valence-electron chi connectivity index (χ3n) is 3.31. The van der Waals surface area contributed by atoms with E-state index in [4.69, 9.17) is 9.52 Å². The smallest absolute Gasteiger partial charge is 0.307 e. The molecule has 0 aliphatic heterocycles. The molecule has 0 unspecified atom stereocenters. The van der Waals surface area contributed by atoms with Crippen molar-refractivity contribution in [2.45, 2.75) is 6.42 Å². The van der Waals surface area contributed by atoms with Crippen molar-refractivity contribution in [3.63, 3.8) is 0 Å². The molecule has 1 aromatic heterocycles. The highest BCUT2D eigenvalue weighted by molar-refractivity contribution is 5.85. The number of phenols is 1. The van der Waals surface area contributed by atoms with Crippen LogP contribution in [0.1, 0.15) is 5.56 Å². The van der Waals surface area contributed by atoms with Crippen molar-refractivity contribution < 1.29 is 19.4 Å². The largest absolute Gasteiger partial charge is 0.508 e. The van der Waals surface area contributed by atoms with Crippen molar-refractivity contribution in [2.24, 2.45) is 0 Å². The molecular weight excluding hydrogens is 284 g/mol. The molecule has 3 rings (SSSR count). The summed E-state index contributed by atoms with van der Waals surface area (Å²) < 4.78 is 5.74. The van der Waals surface area contributed by atoms with Gasteiger partial charge in [0, 0.05) is 17.2 Å². The van der Waals surface area contributed by atoms with Crippen molar-refractivity contribution in [1.82, 2.24) is 0 Å². The normalized spacial score (nSPS) is 10.7. The molecule has 2 aromatic carbocycles. The van der Waals surface area contributed by atoms with Crippen LogP contribution in [0.3, 0.4) is 0 Å². The quantitative estimate of drug-likeness (QED) is 0.776. The van der Waals surface area contributed by atoms with E-state index in [1.165, 1.54) is 18.2 Å².